The molecule has 4 nitrogen and oxygen atoms in total. The number of carbonyl (C=O) groups is 1. The molecule has 0 aliphatic rings. The molecule has 0 radical (unpaired) electrons. The molecule has 2 rings (SSSR count). The Bertz CT molecular complexity index is 569. The fourth-order valence-corrected chi connectivity index (χ4v) is 2.50. The number of hydrogen-bond acceptors (Lipinski definition) is 3. The Kier molecular flexibility index (Phi) is 3.02. The van der Waals surface area contributed by atoms with Crippen LogP contribution in [-0.2, 0) is 6.54 Å². The number of hydrogen-bond donors (Lipinski definition) is 1. The summed E-state index contributed by atoms with van der Waals surface area (Å²) in [7, 11) is 0. The molecule has 2 aromatic rings. The van der Waals surface area contributed by atoms with Gasteiger partial charge < -0.3 is 5.11 Å². The first kappa shape index (κ1) is 11.9. The lowest BCUT2D eigenvalue weighted by molar-refractivity contribution is 0.0701. The maximum absolute atomic E-state index is 11.0. The molecule has 0 bridgehead atoms. The molecule has 1 N–H and O–H groups in total. The Morgan fingerprint density at radius 3 is 2.71 bits per heavy atom. The Morgan fingerprint density at radius 2 is 2.18 bits per heavy atom. The molecule has 0 spiro atoms. The van der Waals surface area contributed by atoms with E-state index in [4.69, 9.17) is 5.11 Å². The fourth-order valence-electron chi connectivity index (χ4n) is 1.75. The van der Waals surface area contributed by atoms with Crippen molar-refractivity contribution >= 4 is 17.3 Å². The number of carboxylic acid groups (broad SMARTS) is 1. The number of rotatable bonds is 3. The summed E-state index contributed by atoms with van der Waals surface area (Å²) in [5.41, 5.74) is 4.06. The third-order valence-corrected chi connectivity index (χ3v) is 3.95. The zero-order chi connectivity index (χ0) is 12.6. The predicted octanol–water partition coefficient (Wildman–Crippen LogP) is 2.62. The zero-order valence-corrected chi connectivity index (χ0v) is 10.8. The van der Waals surface area contributed by atoms with Crippen molar-refractivity contribution in [3.8, 4) is 0 Å². The van der Waals surface area contributed by atoms with Crippen molar-refractivity contribution in [1.29, 1.82) is 0 Å². The molecule has 0 amide bonds. The molecule has 2 aromatic heterocycles. The fraction of sp³-hybridized carbons (Fsp3) is 0.333. The van der Waals surface area contributed by atoms with E-state index in [0.29, 0.717) is 11.4 Å². The van der Waals surface area contributed by atoms with Crippen LogP contribution in [0.1, 0.15) is 32.2 Å². The Hall–Kier alpha value is -1.62. The summed E-state index contributed by atoms with van der Waals surface area (Å²) in [4.78, 5) is 11.4. The van der Waals surface area contributed by atoms with Gasteiger partial charge in [-0.05, 0) is 43.3 Å². The molecule has 0 unspecified atom stereocenters. The number of aromatic carboxylic acids is 1. The van der Waals surface area contributed by atoms with Gasteiger partial charge in [0.25, 0.3) is 0 Å². The Balaban J connectivity index is 2.35. The lowest BCUT2D eigenvalue weighted by Crippen LogP contribution is -2.07. The van der Waals surface area contributed by atoms with Gasteiger partial charge in [-0.3, -0.25) is 4.68 Å². The minimum Gasteiger partial charge on any atom is -0.477 e. The van der Waals surface area contributed by atoms with Crippen LogP contribution in [0.25, 0.3) is 0 Å². The summed E-state index contributed by atoms with van der Waals surface area (Å²) < 4.78 is 1.86. The highest BCUT2D eigenvalue weighted by molar-refractivity contribution is 7.12. The molecule has 0 aliphatic carbocycles. The summed E-state index contributed by atoms with van der Waals surface area (Å²) in [6, 6.07) is 1.85. The van der Waals surface area contributed by atoms with Gasteiger partial charge in [-0.1, -0.05) is 0 Å². The molecule has 2 heterocycles. The smallest absolute Gasteiger partial charge is 0.346 e. The first-order chi connectivity index (χ1) is 8.00. The van der Waals surface area contributed by atoms with Crippen LogP contribution < -0.4 is 0 Å². The van der Waals surface area contributed by atoms with E-state index in [-0.39, 0.29) is 0 Å². The van der Waals surface area contributed by atoms with Crippen molar-refractivity contribution in [2.24, 2.45) is 0 Å². The first-order valence-corrected chi connectivity index (χ1v) is 6.19. The lowest BCUT2D eigenvalue weighted by atomic mass is 10.2. The van der Waals surface area contributed by atoms with Crippen LogP contribution in [0, 0.1) is 20.8 Å². The van der Waals surface area contributed by atoms with Crippen molar-refractivity contribution in [3.05, 3.63) is 38.8 Å². The minimum atomic E-state index is -0.867. The molecule has 0 fully saturated rings. The Morgan fingerprint density at radius 1 is 1.47 bits per heavy atom. The highest BCUT2D eigenvalue weighted by atomic mass is 32.1. The summed E-state index contributed by atoms with van der Waals surface area (Å²) >= 11 is 1.25. The maximum atomic E-state index is 11.0. The first-order valence-electron chi connectivity index (χ1n) is 5.31. The van der Waals surface area contributed by atoms with Crippen molar-refractivity contribution in [1.82, 2.24) is 9.78 Å². The third-order valence-electron chi connectivity index (χ3n) is 3.00. The number of aryl methyl sites for hydroxylation is 1. The predicted molar refractivity (Wildman–Crippen MR) is 66.8 cm³/mol. The van der Waals surface area contributed by atoms with Gasteiger partial charge >= 0.3 is 5.97 Å². The largest absolute Gasteiger partial charge is 0.477 e. The summed E-state index contributed by atoms with van der Waals surface area (Å²) in [6.07, 6.45) is 0. The van der Waals surface area contributed by atoms with Crippen molar-refractivity contribution < 1.29 is 9.90 Å². The summed E-state index contributed by atoms with van der Waals surface area (Å²) in [6.45, 7) is 6.51. The maximum Gasteiger partial charge on any atom is 0.346 e. The van der Waals surface area contributed by atoms with E-state index in [9.17, 15) is 4.79 Å². The Labute approximate surface area is 104 Å². The normalized spacial score (nSPS) is 10.8. The molecule has 0 saturated carbocycles. The summed E-state index contributed by atoms with van der Waals surface area (Å²) in [5, 5.41) is 15.3. The summed E-state index contributed by atoms with van der Waals surface area (Å²) in [5.74, 6) is -0.867. The topological polar surface area (TPSA) is 55.1 Å². The van der Waals surface area contributed by atoms with E-state index < -0.39 is 5.97 Å². The highest BCUT2D eigenvalue weighted by Gasteiger charge is 2.14. The van der Waals surface area contributed by atoms with Gasteiger partial charge in [0.05, 0.1) is 12.2 Å². The van der Waals surface area contributed by atoms with Gasteiger partial charge in [-0.2, -0.15) is 5.10 Å². The SMILES string of the molecule is Cc1nn(Cc2ccsc2C(=O)O)c(C)c1C. The molecular weight excluding hydrogens is 236 g/mol. The number of thiophene rings is 1. The minimum absolute atomic E-state index is 0.398. The molecule has 17 heavy (non-hydrogen) atoms. The van der Waals surface area contributed by atoms with Crippen LogP contribution >= 0.6 is 11.3 Å². The standard InChI is InChI=1S/C12H14N2O2S/c1-7-8(2)13-14(9(7)3)6-10-4-5-17-11(10)12(15)16/h4-5H,6H2,1-3H3,(H,15,16). The quantitative estimate of drug-likeness (QED) is 0.911. The van der Waals surface area contributed by atoms with Gasteiger partial charge in [-0.25, -0.2) is 4.79 Å². The van der Waals surface area contributed by atoms with Crippen LogP contribution in [-0.4, -0.2) is 20.9 Å². The van der Waals surface area contributed by atoms with E-state index in [1.807, 2.05) is 31.5 Å². The van der Waals surface area contributed by atoms with Crippen LogP contribution in [0.3, 0.4) is 0 Å². The highest BCUT2D eigenvalue weighted by Crippen LogP contribution is 2.19. The third kappa shape index (κ3) is 2.10. The molecule has 0 aromatic carbocycles. The van der Waals surface area contributed by atoms with Crippen molar-refractivity contribution in [2.75, 3.05) is 0 Å². The number of carboxylic acids is 1. The average Bonchev–Trinajstić information content (AvgIpc) is 2.81. The molecular formula is C12H14N2O2S. The van der Waals surface area contributed by atoms with Crippen LogP contribution in [0.15, 0.2) is 11.4 Å². The second-order valence-corrected chi connectivity index (χ2v) is 4.95. The van der Waals surface area contributed by atoms with Crippen molar-refractivity contribution in [2.45, 2.75) is 27.3 Å². The molecule has 0 atom stereocenters. The lowest BCUT2D eigenvalue weighted by Gasteiger charge is -2.04. The van der Waals surface area contributed by atoms with Crippen molar-refractivity contribution in [3.63, 3.8) is 0 Å². The number of aromatic nitrogens is 2. The monoisotopic (exact) mass is 250 g/mol. The van der Waals surface area contributed by atoms with E-state index in [1.54, 1.807) is 5.38 Å². The molecule has 5 heteroatoms. The van der Waals surface area contributed by atoms with E-state index in [1.165, 1.54) is 11.3 Å². The molecule has 90 valence electrons. The average molecular weight is 250 g/mol. The van der Waals surface area contributed by atoms with Gasteiger partial charge in [0.1, 0.15) is 4.88 Å². The van der Waals surface area contributed by atoms with Crippen LogP contribution in [0.4, 0.5) is 0 Å². The van der Waals surface area contributed by atoms with Gasteiger partial charge in [0, 0.05) is 5.69 Å². The van der Waals surface area contributed by atoms with Crippen LogP contribution in [0.2, 0.25) is 0 Å². The van der Waals surface area contributed by atoms with E-state index in [0.717, 1.165) is 22.5 Å². The number of nitrogens with zero attached hydrogens (tertiary/aromatic N) is 2. The van der Waals surface area contributed by atoms with Crippen LogP contribution in [0.5, 0.6) is 0 Å². The second-order valence-electron chi connectivity index (χ2n) is 4.03. The zero-order valence-electron chi connectivity index (χ0n) is 10.0. The van der Waals surface area contributed by atoms with Gasteiger partial charge in [-0.15, -0.1) is 11.3 Å². The van der Waals surface area contributed by atoms with E-state index >= 15 is 0 Å². The van der Waals surface area contributed by atoms with E-state index in [2.05, 4.69) is 5.10 Å². The molecule has 0 aliphatic heterocycles. The second kappa shape index (κ2) is 4.33. The van der Waals surface area contributed by atoms with Gasteiger partial charge in [0.2, 0.25) is 0 Å². The molecule has 0 saturated heterocycles. The van der Waals surface area contributed by atoms with Gasteiger partial charge in [0.15, 0.2) is 0 Å².